The van der Waals surface area contributed by atoms with E-state index in [-0.39, 0.29) is 24.9 Å². The minimum Gasteiger partial charge on any atom is -0.444 e. The monoisotopic (exact) mass is 332 g/mol. The number of fused-ring (bicyclic) bond motifs is 1. The van der Waals surface area contributed by atoms with Crippen molar-refractivity contribution in [1.29, 1.82) is 0 Å². The van der Waals surface area contributed by atoms with Gasteiger partial charge in [-0.2, -0.15) is 0 Å². The highest BCUT2D eigenvalue weighted by molar-refractivity contribution is 5.78. The number of ether oxygens (including phenoxy) is 1. The van der Waals surface area contributed by atoms with E-state index in [1.54, 1.807) is 20.8 Å². The van der Waals surface area contributed by atoms with Crippen LogP contribution >= 0.6 is 0 Å². The van der Waals surface area contributed by atoms with Crippen molar-refractivity contribution in [2.45, 2.75) is 45.8 Å². The Morgan fingerprint density at radius 1 is 1.29 bits per heavy atom. The highest BCUT2D eigenvalue weighted by atomic mass is 16.6. The number of aromatic nitrogens is 2. The molecule has 0 spiro atoms. The minimum absolute atomic E-state index is 0.168. The lowest BCUT2D eigenvalue weighted by Crippen LogP contribution is -2.35. The molecule has 130 valence electrons. The molecule has 0 saturated carbocycles. The number of hydrogen-bond acceptors (Lipinski definition) is 4. The van der Waals surface area contributed by atoms with Gasteiger partial charge in [0.05, 0.1) is 17.1 Å². The molecule has 0 fully saturated rings. The molecule has 2 rings (SSSR count). The molecule has 1 aromatic heterocycles. The van der Waals surface area contributed by atoms with Gasteiger partial charge in [-0.15, -0.1) is 0 Å². The smallest absolute Gasteiger partial charge is 0.407 e. The normalized spacial score (nSPS) is 12.7. The van der Waals surface area contributed by atoms with Crippen LogP contribution < -0.4 is 10.6 Å². The van der Waals surface area contributed by atoms with Crippen LogP contribution in [0.5, 0.6) is 0 Å². The maximum atomic E-state index is 12.0. The van der Waals surface area contributed by atoms with Gasteiger partial charge in [-0.05, 0) is 39.8 Å². The van der Waals surface area contributed by atoms with E-state index in [4.69, 9.17) is 4.74 Å². The van der Waals surface area contributed by atoms with Crippen LogP contribution in [0, 0.1) is 0 Å². The number of imidazole rings is 1. The van der Waals surface area contributed by atoms with Gasteiger partial charge in [0.2, 0.25) is 5.91 Å². The number of hydrogen-bond donors (Lipinski definition) is 3. The maximum absolute atomic E-state index is 12.0. The predicted molar refractivity (Wildman–Crippen MR) is 91.5 cm³/mol. The standard InChI is InChI=1S/C17H24N4O3/c1-11(15-20-12-7-5-6-8-13(12)21-15)19-14(22)9-10-18-16(23)24-17(2,3)4/h5-8,11H,9-10H2,1-4H3,(H,18,23)(H,19,22)(H,20,21). The highest BCUT2D eigenvalue weighted by Gasteiger charge is 2.17. The first-order valence-electron chi connectivity index (χ1n) is 7.95. The van der Waals surface area contributed by atoms with Crippen LogP contribution in [0.15, 0.2) is 24.3 Å². The summed E-state index contributed by atoms with van der Waals surface area (Å²) < 4.78 is 5.11. The number of aromatic amines is 1. The average Bonchev–Trinajstić information content (AvgIpc) is 2.89. The summed E-state index contributed by atoms with van der Waals surface area (Å²) in [5.41, 5.74) is 1.24. The van der Waals surface area contributed by atoms with Crippen LogP contribution in [-0.2, 0) is 9.53 Å². The lowest BCUT2D eigenvalue weighted by molar-refractivity contribution is -0.121. The van der Waals surface area contributed by atoms with Crippen LogP contribution in [0.4, 0.5) is 4.79 Å². The Hall–Kier alpha value is -2.57. The Bertz CT molecular complexity index is 685. The molecule has 0 aliphatic carbocycles. The summed E-state index contributed by atoms with van der Waals surface area (Å²) in [6, 6.07) is 7.44. The molecule has 7 heteroatoms. The van der Waals surface area contributed by atoms with Crippen molar-refractivity contribution in [3.63, 3.8) is 0 Å². The van der Waals surface area contributed by atoms with Crippen LogP contribution in [0.1, 0.15) is 46.0 Å². The van der Waals surface area contributed by atoms with Crippen molar-refractivity contribution in [3.8, 4) is 0 Å². The molecule has 1 heterocycles. The number of carbonyl (C=O) groups excluding carboxylic acids is 2. The van der Waals surface area contributed by atoms with Crippen LogP contribution in [0.25, 0.3) is 11.0 Å². The van der Waals surface area contributed by atoms with Gasteiger partial charge in [0.15, 0.2) is 0 Å². The van der Waals surface area contributed by atoms with Gasteiger partial charge in [0.25, 0.3) is 0 Å². The zero-order valence-electron chi connectivity index (χ0n) is 14.5. The number of benzene rings is 1. The molecule has 24 heavy (non-hydrogen) atoms. The molecule has 2 amide bonds. The van der Waals surface area contributed by atoms with Crippen LogP contribution in [0.3, 0.4) is 0 Å². The molecule has 0 bridgehead atoms. The van der Waals surface area contributed by atoms with E-state index in [0.29, 0.717) is 5.82 Å². The topological polar surface area (TPSA) is 96.1 Å². The summed E-state index contributed by atoms with van der Waals surface area (Å²) in [6.07, 6.45) is -0.357. The minimum atomic E-state index is -0.553. The number of amides is 2. The third-order valence-electron chi connectivity index (χ3n) is 3.22. The van der Waals surface area contributed by atoms with E-state index in [1.807, 2.05) is 31.2 Å². The van der Waals surface area contributed by atoms with Crippen molar-refractivity contribution in [2.24, 2.45) is 0 Å². The second-order valence-corrected chi connectivity index (χ2v) is 6.61. The van der Waals surface area contributed by atoms with Gasteiger partial charge in [-0.3, -0.25) is 4.79 Å². The van der Waals surface area contributed by atoms with Crippen molar-refractivity contribution < 1.29 is 14.3 Å². The molecule has 3 N–H and O–H groups in total. The number of alkyl carbamates (subject to hydrolysis) is 1. The van der Waals surface area contributed by atoms with Gasteiger partial charge in [0.1, 0.15) is 11.4 Å². The van der Waals surface area contributed by atoms with E-state index < -0.39 is 11.7 Å². The van der Waals surface area contributed by atoms with Gasteiger partial charge < -0.3 is 20.4 Å². The second-order valence-electron chi connectivity index (χ2n) is 6.61. The fourth-order valence-electron chi connectivity index (χ4n) is 2.15. The van der Waals surface area contributed by atoms with Gasteiger partial charge in [0, 0.05) is 13.0 Å². The summed E-state index contributed by atoms with van der Waals surface area (Å²) in [7, 11) is 0. The third kappa shape index (κ3) is 5.26. The summed E-state index contributed by atoms with van der Waals surface area (Å²) in [6.45, 7) is 7.43. The van der Waals surface area contributed by atoms with E-state index >= 15 is 0 Å². The molecule has 0 radical (unpaired) electrons. The molecule has 0 aliphatic rings. The molecule has 7 nitrogen and oxygen atoms in total. The molecule has 0 aliphatic heterocycles. The third-order valence-corrected chi connectivity index (χ3v) is 3.22. The molecular formula is C17H24N4O3. The number of para-hydroxylation sites is 2. The number of carbonyl (C=O) groups is 2. The first kappa shape index (κ1) is 17.8. The van der Waals surface area contributed by atoms with Crippen molar-refractivity contribution in [2.75, 3.05) is 6.54 Å². The van der Waals surface area contributed by atoms with Gasteiger partial charge in [-0.25, -0.2) is 9.78 Å². The van der Waals surface area contributed by atoms with Crippen molar-refractivity contribution in [1.82, 2.24) is 20.6 Å². The van der Waals surface area contributed by atoms with Gasteiger partial charge in [-0.1, -0.05) is 12.1 Å². The fourth-order valence-corrected chi connectivity index (χ4v) is 2.15. The average molecular weight is 332 g/mol. The Morgan fingerprint density at radius 2 is 2.00 bits per heavy atom. The first-order valence-corrected chi connectivity index (χ1v) is 7.95. The number of rotatable bonds is 5. The molecule has 1 unspecified atom stereocenters. The van der Waals surface area contributed by atoms with E-state index in [0.717, 1.165) is 11.0 Å². The lowest BCUT2D eigenvalue weighted by Gasteiger charge is -2.19. The van der Waals surface area contributed by atoms with Gasteiger partial charge >= 0.3 is 6.09 Å². The molecule has 1 atom stereocenters. The Balaban J connectivity index is 1.78. The largest absolute Gasteiger partial charge is 0.444 e. The zero-order valence-corrected chi connectivity index (χ0v) is 14.5. The highest BCUT2D eigenvalue weighted by Crippen LogP contribution is 2.15. The quantitative estimate of drug-likeness (QED) is 0.784. The SMILES string of the molecule is CC(NC(=O)CCNC(=O)OC(C)(C)C)c1nc2ccccc2[nH]1. The number of H-pyrrole nitrogens is 1. The summed E-state index contributed by atoms with van der Waals surface area (Å²) in [4.78, 5) is 31.1. The van der Waals surface area contributed by atoms with Crippen molar-refractivity contribution in [3.05, 3.63) is 30.1 Å². The van der Waals surface area contributed by atoms with E-state index in [1.165, 1.54) is 0 Å². The Morgan fingerprint density at radius 3 is 2.67 bits per heavy atom. The molecular weight excluding hydrogens is 308 g/mol. The maximum Gasteiger partial charge on any atom is 0.407 e. The molecule has 2 aromatic rings. The fraction of sp³-hybridized carbons (Fsp3) is 0.471. The summed E-state index contributed by atoms with van der Waals surface area (Å²) in [5, 5.41) is 5.41. The van der Waals surface area contributed by atoms with E-state index in [2.05, 4.69) is 20.6 Å². The summed E-state index contributed by atoms with van der Waals surface area (Å²) in [5.74, 6) is 0.531. The molecule has 1 aromatic carbocycles. The predicted octanol–water partition coefficient (Wildman–Crippen LogP) is 2.65. The van der Waals surface area contributed by atoms with E-state index in [9.17, 15) is 9.59 Å². The summed E-state index contributed by atoms with van der Waals surface area (Å²) >= 11 is 0. The second kappa shape index (κ2) is 7.33. The Kier molecular flexibility index (Phi) is 5.43. The van der Waals surface area contributed by atoms with Crippen LogP contribution in [-0.4, -0.2) is 34.1 Å². The molecule has 0 saturated heterocycles. The lowest BCUT2D eigenvalue weighted by atomic mass is 10.2. The number of nitrogens with one attached hydrogen (secondary N) is 3. The first-order chi connectivity index (χ1) is 11.2. The number of nitrogens with zero attached hydrogens (tertiary/aromatic N) is 1. The van der Waals surface area contributed by atoms with Crippen molar-refractivity contribution >= 4 is 23.0 Å². The zero-order chi connectivity index (χ0) is 17.7. The van der Waals surface area contributed by atoms with Crippen LogP contribution in [0.2, 0.25) is 0 Å². The Labute approximate surface area is 141 Å².